The fraction of sp³-hybridized carbons (Fsp3) is 0.240. The Kier molecular flexibility index (Phi) is 6.07. The van der Waals surface area contributed by atoms with E-state index in [9.17, 15) is 19.2 Å². The lowest BCUT2D eigenvalue weighted by Crippen LogP contribution is -2.65. The second-order valence-electron chi connectivity index (χ2n) is 7.59. The van der Waals surface area contributed by atoms with Crippen molar-refractivity contribution in [3.05, 3.63) is 82.8 Å². The molecular weight excluding hydrogens is 393 g/mol. The Morgan fingerprint density at radius 2 is 1.94 bits per heavy atom. The Balaban J connectivity index is 2.08. The Bertz CT molecular complexity index is 1130. The van der Waals surface area contributed by atoms with E-state index < -0.39 is 5.54 Å². The van der Waals surface area contributed by atoms with Gasteiger partial charge in [-0.1, -0.05) is 43.8 Å². The van der Waals surface area contributed by atoms with Crippen LogP contribution < -0.4 is 5.32 Å². The predicted molar refractivity (Wildman–Crippen MR) is 118 cm³/mol. The van der Waals surface area contributed by atoms with Gasteiger partial charge in [-0.15, -0.1) is 0 Å². The molecule has 3 rings (SSSR count). The molecule has 0 bridgehead atoms. The number of halogens is 1. The number of carbonyl (C=O) groups is 2. The maximum atomic E-state index is 13.4. The molecule has 1 fully saturated rings. The molecular formula is C25H24FN3O2. The number of amides is 2. The molecule has 1 heterocycles. The van der Waals surface area contributed by atoms with Gasteiger partial charge in [0.2, 0.25) is 0 Å². The number of nitrogens with zero attached hydrogens (tertiary/aromatic N) is 2. The van der Waals surface area contributed by atoms with Crippen molar-refractivity contribution < 1.29 is 14.0 Å². The topological polar surface area (TPSA) is 73.2 Å². The van der Waals surface area contributed by atoms with Crippen molar-refractivity contribution in [1.29, 1.82) is 5.26 Å². The Morgan fingerprint density at radius 3 is 2.52 bits per heavy atom. The van der Waals surface area contributed by atoms with E-state index in [0.29, 0.717) is 28.7 Å². The molecule has 158 valence electrons. The van der Waals surface area contributed by atoms with Gasteiger partial charge in [0.1, 0.15) is 17.1 Å². The molecule has 2 aromatic carbocycles. The zero-order chi connectivity index (χ0) is 22.8. The summed E-state index contributed by atoms with van der Waals surface area (Å²) in [5.41, 5.74) is 1.96. The van der Waals surface area contributed by atoms with Crippen LogP contribution >= 0.6 is 0 Å². The van der Waals surface area contributed by atoms with E-state index >= 15 is 0 Å². The smallest absolute Gasteiger partial charge is 0.271 e. The minimum Gasteiger partial charge on any atom is -0.325 e. The minimum atomic E-state index is -1.10. The van der Waals surface area contributed by atoms with Crippen molar-refractivity contribution in [3.8, 4) is 6.07 Å². The molecule has 1 aliphatic rings. The van der Waals surface area contributed by atoms with E-state index in [4.69, 9.17) is 0 Å². The van der Waals surface area contributed by atoms with E-state index in [1.165, 1.54) is 17.0 Å². The monoisotopic (exact) mass is 417 g/mol. The average Bonchev–Trinajstić information content (AvgIpc) is 2.79. The summed E-state index contributed by atoms with van der Waals surface area (Å²) in [5.74, 6) is -1.02. The first-order valence-electron chi connectivity index (χ1n) is 10.00. The van der Waals surface area contributed by atoms with Crippen molar-refractivity contribution >= 4 is 23.5 Å². The molecule has 1 atom stereocenters. The van der Waals surface area contributed by atoms with Crippen LogP contribution in [0.4, 0.5) is 4.39 Å². The third-order valence-corrected chi connectivity index (χ3v) is 6.00. The van der Waals surface area contributed by atoms with E-state index in [0.717, 1.165) is 5.56 Å². The number of piperazine rings is 1. The first-order chi connectivity index (χ1) is 14.8. The Labute approximate surface area is 181 Å². The summed E-state index contributed by atoms with van der Waals surface area (Å²) < 4.78 is 13.3. The standard InChI is InChI=1S/C25H24FN3O2/c1-5-18-8-7-9-19(15-27)21(18)16(3)22-23(30)29(4)25(6-2,24(31)28-22)14-17-10-12-20(26)13-11-17/h5,7-13H,1,6,14H2,2-4H3,(H,28,31). The number of rotatable bonds is 5. The molecule has 2 aromatic rings. The molecule has 6 heteroatoms. The van der Waals surface area contributed by atoms with Gasteiger partial charge < -0.3 is 10.2 Å². The van der Waals surface area contributed by atoms with Gasteiger partial charge >= 0.3 is 0 Å². The highest BCUT2D eigenvalue weighted by molar-refractivity contribution is 6.11. The highest BCUT2D eigenvalue weighted by Gasteiger charge is 2.48. The van der Waals surface area contributed by atoms with Gasteiger partial charge in [0.05, 0.1) is 11.6 Å². The first kappa shape index (κ1) is 22.0. The zero-order valence-corrected chi connectivity index (χ0v) is 17.8. The van der Waals surface area contributed by atoms with Gasteiger partial charge in [-0.2, -0.15) is 5.26 Å². The van der Waals surface area contributed by atoms with Gasteiger partial charge in [-0.05, 0) is 48.2 Å². The lowest BCUT2D eigenvalue weighted by atomic mass is 9.82. The summed E-state index contributed by atoms with van der Waals surface area (Å²) in [5, 5.41) is 12.3. The SMILES string of the molecule is C=Cc1cccc(C#N)c1C(C)=C1NC(=O)C(CC)(Cc2ccc(F)cc2)N(C)C1=O. The molecule has 0 aromatic heterocycles. The van der Waals surface area contributed by atoms with Crippen LogP contribution in [0.25, 0.3) is 11.6 Å². The van der Waals surface area contributed by atoms with Crippen molar-refractivity contribution in [2.75, 3.05) is 7.05 Å². The molecule has 2 amide bonds. The molecule has 1 saturated heterocycles. The van der Waals surface area contributed by atoms with Gasteiger partial charge in [-0.25, -0.2) is 4.39 Å². The maximum Gasteiger partial charge on any atom is 0.271 e. The van der Waals surface area contributed by atoms with Crippen LogP contribution in [0.3, 0.4) is 0 Å². The van der Waals surface area contributed by atoms with Crippen molar-refractivity contribution in [1.82, 2.24) is 10.2 Å². The largest absolute Gasteiger partial charge is 0.325 e. The van der Waals surface area contributed by atoms with Gasteiger partial charge in [0, 0.05) is 19.0 Å². The molecule has 0 spiro atoms. The van der Waals surface area contributed by atoms with Crippen molar-refractivity contribution in [2.45, 2.75) is 32.2 Å². The summed E-state index contributed by atoms with van der Waals surface area (Å²) >= 11 is 0. The van der Waals surface area contributed by atoms with Crippen LogP contribution in [-0.2, 0) is 16.0 Å². The maximum absolute atomic E-state index is 13.4. The average molecular weight is 417 g/mol. The molecule has 1 aliphatic heterocycles. The molecule has 0 saturated carbocycles. The van der Waals surface area contributed by atoms with E-state index in [1.807, 2.05) is 6.92 Å². The molecule has 31 heavy (non-hydrogen) atoms. The summed E-state index contributed by atoms with van der Waals surface area (Å²) in [6.45, 7) is 7.35. The number of hydrogen-bond donors (Lipinski definition) is 1. The fourth-order valence-electron chi connectivity index (χ4n) is 4.09. The molecule has 1 unspecified atom stereocenters. The number of nitriles is 1. The quantitative estimate of drug-likeness (QED) is 0.746. The van der Waals surface area contributed by atoms with Crippen LogP contribution in [0.5, 0.6) is 0 Å². The normalized spacial score (nSPS) is 20.2. The highest BCUT2D eigenvalue weighted by atomic mass is 19.1. The lowest BCUT2D eigenvalue weighted by molar-refractivity contribution is -0.148. The van der Waals surface area contributed by atoms with E-state index in [-0.39, 0.29) is 29.7 Å². The summed E-state index contributed by atoms with van der Waals surface area (Å²) in [7, 11) is 1.60. The molecule has 1 N–H and O–H groups in total. The summed E-state index contributed by atoms with van der Waals surface area (Å²) in [6.07, 6.45) is 2.26. The lowest BCUT2D eigenvalue weighted by Gasteiger charge is -2.44. The number of benzene rings is 2. The molecule has 5 nitrogen and oxygen atoms in total. The Hall–Kier alpha value is -3.72. The second kappa shape index (κ2) is 8.57. The Morgan fingerprint density at radius 1 is 1.26 bits per heavy atom. The third kappa shape index (κ3) is 3.75. The van der Waals surface area contributed by atoms with Crippen molar-refractivity contribution in [3.63, 3.8) is 0 Å². The predicted octanol–water partition coefficient (Wildman–Crippen LogP) is 4.05. The van der Waals surface area contributed by atoms with Crippen LogP contribution in [0.1, 0.15) is 42.5 Å². The van der Waals surface area contributed by atoms with Crippen LogP contribution in [0, 0.1) is 17.1 Å². The van der Waals surface area contributed by atoms with Crippen LogP contribution in [0.15, 0.2) is 54.7 Å². The summed E-state index contributed by atoms with van der Waals surface area (Å²) in [4.78, 5) is 28.2. The van der Waals surface area contributed by atoms with Gasteiger partial charge in [0.25, 0.3) is 11.8 Å². The number of likely N-dealkylation sites (N-methyl/N-ethyl adjacent to an activating group) is 1. The van der Waals surface area contributed by atoms with Gasteiger partial charge in [0.15, 0.2) is 0 Å². The van der Waals surface area contributed by atoms with Crippen LogP contribution in [-0.4, -0.2) is 29.3 Å². The zero-order valence-electron chi connectivity index (χ0n) is 17.8. The number of nitrogens with one attached hydrogen (secondary N) is 1. The van der Waals surface area contributed by atoms with E-state index in [1.54, 1.807) is 50.4 Å². The second-order valence-corrected chi connectivity index (χ2v) is 7.59. The van der Waals surface area contributed by atoms with Crippen LogP contribution in [0.2, 0.25) is 0 Å². The highest BCUT2D eigenvalue weighted by Crippen LogP contribution is 2.33. The third-order valence-electron chi connectivity index (χ3n) is 6.00. The molecule has 0 aliphatic carbocycles. The van der Waals surface area contributed by atoms with Gasteiger partial charge in [-0.3, -0.25) is 9.59 Å². The molecule has 0 radical (unpaired) electrons. The fourth-order valence-corrected chi connectivity index (χ4v) is 4.09. The first-order valence-corrected chi connectivity index (χ1v) is 10.00. The van der Waals surface area contributed by atoms with E-state index in [2.05, 4.69) is 18.0 Å². The number of allylic oxidation sites excluding steroid dienone is 1. The summed E-state index contributed by atoms with van der Waals surface area (Å²) in [6, 6.07) is 13.3. The van der Waals surface area contributed by atoms with Crippen molar-refractivity contribution in [2.24, 2.45) is 0 Å². The number of hydrogen-bond acceptors (Lipinski definition) is 3. The minimum absolute atomic E-state index is 0.140. The number of carbonyl (C=O) groups excluding carboxylic acids is 2.